The maximum absolute atomic E-state index is 3.99. The predicted molar refractivity (Wildman–Crippen MR) is 117 cm³/mol. The molecule has 2 aromatic rings. The van der Waals surface area contributed by atoms with Gasteiger partial charge in [0.25, 0.3) is 0 Å². The first kappa shape index (κ1) is 19.5. The molecule has 0 saturated heterocycles. The summed E-state index contributed by atoms with van der Waals surface area (Å²) in [5.74, 6) is 0. The molecule has 26 heavy (non-hydrogen) atoms. The zero-order valence-electron chi connectivity index (χ0n) is 17.2. The van der Waals surface area contributed by atoms with E-state index in [0.29, 0.717) is 0 Å². The third-order valence-corrected chi connectivity index (χ3v) is 10.1. The van der Waals surface area contributed by atoms with Crippen LogP contribution >= 0.6 is 0 Å². The van der Waals surface area contributed by atoms with Crippen molar-refractivity contribution in [3.63, 3.8) is 0 Å². The van der Waals surface area contributed by atoms with Crippen LogP contribution in [0, 0.1) is 0 Å². The number of nitrogens with zero attached hydrogens (tertiary/aromatic N) is 1. The third kappa shape index (κ3) is 3.46. The molecular formula is C22H29LiN2Si. The molecule has 0 spiro atoms. The van der Waals surface area contributed by atoms with Crippen molar-refractivity contribution in [2.24, 2.45) is 0 Å². The number of allylic oxidation sites excluding steroid dienone is 1. The second-order valence-corrected chi connectivity index (χ2v) is 13.7. The molecule has 1 aliphatic rings. The van der Waals surface area contributed by atoms with Gasteiger partial charge in [0, 0.05) is 0 Å². The van der Waals surface area contributed by atoms with E-state index in [1.54, 1.807) is 0 Å². The van der Waals surface area contributed by atoms with Crippen LogP contribution in [0.25, 0.3) is 5.70 Å². The quantitative estimate of drug-likeness (QED) is 0.801. The Balaban J connectivity index is 2.11. The van der Waals surface area contributed by atoms with E-state index in [-0.39, 0.29) is 9.25 Å². The van der Waals surface area contributed by atoms with Crippen LogP contribution in [-0.2, 0) is 3.71 Å². The molecule has 4 heteroatoms. The number of hydrogen-bond donors (Lipinski definition) is 1. The minimum atomic E-state index is -1.82. The van der Waals surface area contributed by atoms with Gasteiger partial charge in [0.15, 0.2) is 0 Å². The fourth-order valence-corrected chi connectivity index (χ4v) is 7.76. The van der Waals surface area contributed by atoms with Gasteiger partial charge in [0.1, 0.15) is 0 Å². The predicted octanol–water partition coefficient (Wildman–Crippen LogP) is 4.67. The summed E-state index contributed by atoms with van der Waals surface area (Å²) < 4.78 is 0.0370. The van der Waals surface area contributed by atoms with Crippen molar-refractivity contribution in [2.45, 2.75) is 43.1 Å². The van der Waals surface area contributed by atoms with Gasteiger partial charge in [-0.15, -0.1) is 0 Å². The Bertz CT molecular complexity index is 824. The van der Waals surface area contributed by atoms with E-state index in [0.717, 1.165) is 0 Å². The number of benzene rings is 2. The fraction of sp³-hybridized carbons (Fsp3) is 0.364. The van der Waals surface area contributed by atoms with Gasteiger partial charge in [0.05, 0.1) is 0 Å². The van der Waals surface area contributed by atoms with Gasteiger partial charge in [0.2, 0.25) is 0 Å². The summed E-state index contributed by atoms with van der Waals surface area (Å²) in [5, 5.41) is 0. The Morgan fingerprint density at radius 1 is 0.962 bits per heavy atom. The normalized spacial score (nSPS) is 19.9. The van der Waals surface area contributed by atoms with E-state index >= 15 is 0 Å². The number of anilines is 1. The molecule has 0 aromatic heterocycles. The summed E-state index contributed by atoms with van der Waals surface area (Å²) >= 11 is 2.42. The van der Waals surface area contributed by atoms with Crippen LogP contribution in [0.15, 0.2) is 60.7 Å². The Morgan fingerprint density at radius 2 is 1.54 bits per heavy atom. The number of rotatable bonds is 4. The van der Waals surface area contributed by atoms with Crippen LogP contribution in [0.5, 0.6) is 0 Å². The van der Waals surface area contributed by atoms with Crippen LogP contribution in [0.2, 0.25) is 13.1 Å². The summed E-state index contributed by atoms with van der Waals surface area (Å²) in [7, 11) is 0.353. The second kappa shape index (κ2) is 6.73. The summed E-state index contributed by atoms with van der Waals surface area (Å²) in [5.41, 5.74) is 5.45. The molecule has 2 nitrogen and oxygen atoms in total. The minimum absolute atomic E-state index is 0.0370. The molecule has 1 atom stereocenters. The second-order valence-electron chi connectivity index (χ2n) is 9.17. The van der Waals surface area contributed by atoms with E-state index in [1.165, 1.54) is 22.5 Å². The average Bonchev–Trinajstić information content (AvgIpc) is 2.88. The van der Waals surface area contributed by atoms with Gasteiger partial charge in [-0.05, 0) is 0 Å². The fourth-order valence-electron chi connectivity index (χ4n) is 4.24. The SMILES string of the molecule is [Li][C]1([Si](C)(C)NC(C)(C)C)C=C(N(C)c2ccccc2)c2ccccc21. The Labute approximate surface area is 169 Å². The molecule has 2 aromatic carbocycles. The first-order chi connectivity index (χ1) is 12.1. The van der Waals surface area contributed by atoms with E-state index in [9.17, 15) is 0 Å². The third-order valence-electron chi connectivity index (χ3n) is 5.68. The number of hydrogen-bond acceptors (Lipinski definition) is 2. The topological polar surface area (TPSA) is 15.3 Å². The average molecular weight is 357 g/mol. The number of para-hydroxylation sites is 1. The molecule has 1 unspecified atom stereocenters. The molecule has 1 aliphatic carbocycles. The van der Waals surface area contributed by atoms with Gasteiger partial charge in [-0.1, -0.05) is 0 Å². The maximum atomic E-state index is 3.99. The number of nitrogens with one attached hydrogen (secondary N) is 1. The standard InChI is InChI=1S/C22H29N2Si.Li/c1-22(2,3)23-25(5,6)21-16-20(18-14-10-11-15-19(18)21)24(4)17-12-8-7-9-13-17;/h7-16,23H,1-6H3;. The van der Waals surface area contributed by atoms with Crippen LogP contribution in [0.1, 0.15) is 31.9 Å². The molecule has 132 valence electrons. The zero-order chi connectivity index (χ0) is 19.2. The summed E-state index contributed by atoms with van der Waals surface area (Å²) in [4.78, 5) is 6.32. The van der Waals surface area contributed by atoms with Crippen LogP contribution in [-0.4, -0.2) is 38.5 Å². The van der Waals surface area contributed by atoms with Crippen LogP contribution in [0.4, 0.5) is 5.69 Å². The van der Waals surface area contributed by atoms with Crippen molar-refractivity contribution in [3.8, 4) is 0 Å². The summed E-state index contributed by atoms with van der Waals surface area (Å²) in [6.45, 7) is 11.7. The monoisotopic (exact) mass is 356 g/mol. The number of fused-ring (bicyclic) bond motifs is 1. The molecule has 0 radical (unpaired) electrons. The molecule has 0 bridgehead atoms. The van der Waals surface area contributed by atoms with E-state index in [1.807, 2.05) is 0 Å². The van der Waals surface area contributed by atoms with E-state index in [4.69, 9.17) is 0 Å². The van der Waals surface area contributed by atoms with Crippen molar-refractivity contribution in [3.05, 3.63) is 71.8 Å². The Kier molecular flexibility index (Phi) is 5.05. The van der Waals surface area contributed by atoms with Gasteiger partial charge in [-0.25, -0.2) is 0 Å². The van der Waals surface area contributed by atoms with Crippen LogP contribution < -0.4 is 9.88 Å². The van der Waals surface area contributed by atoms with Gasteiger partial charge in [-0.2, -0.15) is 0 Å². The molecule has 0 heterocycles. The molecule has 0 saturated carbocycles. The van der Waals surface area contributed by atoms with Gasteiger partial charge >= 0.3 is 169 Å². The van der Waals surface area contributed by atoms with E-state index < -0.39 is 8.24 Å². The van der Waals surface area contributed by atoms with Crippen molar-refractivity contribution in [2.75, 3.05) is 11.9 Å². The molecule has 0 aliphatic heterocycles. The Hall–Kier alpha value is -1.25. The van der Waals surface area contributed by atoms with Crippen molar-refractivity contribution < 1.29 is 0 Å². The molecule has 0 fully saturated rings. The Morgan fingerprint density at radius 3 is 2.15 bits per heavy atom. The first-order valence-electron chi connectivity index (χ1n) is 9.46. The molecule has 3 rings (SSSR count). The molecule has 0 amide bonds. The first-order valence-corrected chi connectivity index (χ1v) is 12.5. The zero-order valence-corrected chi connectivity index (χ0v) is 18.2. The van der Waals surface area contributed by atoms with Crippen molar-refractivity contribution >= 4 is 37.3 Å². The summed E-state index contributed by atoms with van der Waals surface area (Å²) in [6.07, 6.45) is 2.51. The van der Waals surface area contributed by atoms with Gasteiger partial charge in [-0.3, -0.25) is 0 Å². The van der Waals surface area contributed by atoms with Crippen LogP contribution in [0.3, 0.4) is 0 Å². The van der Waals surface area contributed by atoms with Crippen molar-refractivity contribution in [1.82, 2.24) is 4.98 Å². The molecular weight excluding hydrogens is 327 g/mol. The summed E-state index contributed by atoms with van der Waals surface area (Å²) in [6, 6.07) is 19.6. The van der Waals surface area contributed by atoms with Gasteiger partial charge < -0.3 is 0 Å². The van der Waals surface area contributed by atoms with E-state index in [2.05, 4.69) is 129 Å². The van der Waals surface area contributed by atoms with Crippen molar-refractivity contribution in [1.29, 1.82) is 0 Å². The molecule has 1 N–H and O–H groups in total.